The van der Waals surface area contributed by atoms with E-state index in [1.54, 1.807) is 6.07 Å². The second kappa shape index (κ2) is 6.26. The van der Waals surface area contributed by atoms with Crippen LogP contribution in [0.5, 0.6) is 0 Å². The molecule has 1 aromatic carbocycles. The number of hydrogen-bond donors (Lipinski definition) is 0. The fraction of sp³-hybridized carbons (Fsp3) is 0.353. The van der Waals surface area contributed by atoms with E-state index in [1.807, 2.05) is 12.1 Å². The highest BCUT2D eigenvalue weighted by Crippen LogP contribution is 2.13. The Balaban J connectivity index is 3.41. The van der Waals surface area contributed by atoms with Crippen LogP contribution in [0.2, 0.25) is 39.3 Å². The van der Waals surface area contributed by atoms with Gasteiger partial charge in [0.2, 0.25) is 0 Å². The lowest BCUT2D eigenvalue weighted by molar-refractivity contribution is 0.112. The van der Waals surface area contributed by atoms with Gasteiger partial charge in [0.1, 0.15) is 16.1 Å². The number of carbonyl (C=O) groups is 1. The highest BCUT2D eigenvalue weighted by Gasteiger charge is 2.11. The smallest absolute Gasteiger partial charge is 0.151 e. The van der Waals surface area contributed by atoms with E-state index in [9.17, 15) is 4.79 Å². The Bertz CT molecular complexity index is 623. The maximum absolute atomic E-state index is 11.2. The van der Waals surface area contributed by atoms with Gasteiger partial charge >= 0.3 is 0 Å². The van der Waals surface area contributed by atoms with Crippen LogP contribution < -0.4 is 0 Å². The van der Waals surface area contributed by atoms with Crippen molar-refractivity contribution in [2.24, 2.45) is 0 Å². The van der Waals surface area contributed by atoms with Crippen LogP contribution in [0.1, 0.15) is 21.5 Å². The summed E-state index contributed by atoms with van der Waals surface area (Å²) in [6.07, 6.45) is 0.869. The summed E-state index contributed by atoms with van der Waals surface area (Å²) in [5, 5.41) is 0. The van der Waals surface area contributed by atoms with Crippen molar-refractivity contribution in [1.82, 2.24) is 0 Å². The van der Waals surface area contributed by atoms with E-state index in [-0.39, 0.29) is 0 Å². The zero-order chi connectivity index (χ0) is 15.4. The minimum Gasteiger partial charge on any atom is -0.298 e. The molecule has 0 amide bonds. The zero-order valence-electron chi connectivity index (χ0n) is 13.2. The Morgan fingerprint density at radius 3 is 1.95 bits per heavy atom. The largest absolute Gasteiger partial charge is 0.298 e. The molecule has 3 heteroatoms. The van der Waals surface area contributed by atoms with Gasteiger partial charge in [-0.3, -0.25) is 4.79 Å². The van der Waals surface area contributed by atoms with Crippen LogP contribution in [0, 0.1) is 22.9 Å². The van der Waals surface area contributed by atoms with Crippen LogP contribution in [0.15, 0.2) is 18.2 Å². The Morgan fingerprint density at radius 2 is 1.45 bits per heavy atom. The van der Waals surface area contributed by atoms with Gasteiger partial charge in [0.25, 0.3) is 0 Å². The van der Waals surface area contributed by atoms with Crippen LogP contribution in [0.3, 0.4) is 0 Å². The molecule has 1 rings (SSSR count). The lowest BCUT2D eigenvalue weighted by atomic mass is 10.0. The summed E-state index contributed by atoms with van der Waals surface area (Å²) < 4.78 is 0. The van der Waals surface area contributed by atoms with Gasteiger partial charge in [-0.1, -0.05) is 63.3 Å². The average molecular weight is 299 g/mol. The summed E-state index contributed by atoms with van der Waals surface area (Å²) in [6.45, 7) is 13.2. The number of hydrogen-bond acceptors (Lipinski definition) is 1. The monoisotopic (exact) mass is 298 g/mol. The highest BCUT2D eigenvalue weighted by atomic mass is 28.3. The lowest BCUT2D eigenvalue weighted by Crippen LogP contribution is -2.17. The van der Waals surface area contributed by atoms with Gasteiger partial charge in [-0.15, -0.1) is 11.1 Å². The molecule has 0 atom stereocenters. The molecule has 0 aliphatic carbocycles. The first-order chi connectivity index (χ1) is 9.12. The third-order valence-electron chi connectivity index (χ3n) is 2.36. The fourth-order valence-electron chi connectivity index (χ4n) is 1.42. The molecule has 0 aliphatic heterocycles. The van der Waals surface area contributed by atoms with Gasteiger partial charge in [0.15, 0.2) is 6.29 Å². The molecule has 0 aliphatic rings. The first-order valence-corrected chi connectivity index (χ1v) is 13.8. The predicted molar refractivity (Wildman–Crippen MR) is 92.3 cm³/mol. The van der Waals surface area contributed by atoms with Crippen LogP contribution in [0.4, 0.5) is 0 Å². The van der Waals surface area contributed by atoms with E-state index in [0.717, 1.165) is 17.4 Å². The van der Waals surface area contributed by atoms with Crippen LogP contribution >= 0.6 is 0 Å². The van der Waals surface area contributed by atoms with E-state index in [0.29, 0.717) is 5.56 Å². The molecule has 20 heavy (non-hydrogen) atoms. The van der Waals surface area contributed by atoms with Crippen LogP contribution in [0.25, 0.3) is 0 Å². The zero-order valence-corrected chi connectivity index (χ0v) is 15.2. The summed E-state index contributed by atoms with van der Waals surface area (Å²) in [5.41, 5.74) is 8.97. The third kappa shape index (κ3) is 5.61. The Labute approximate surface area is 124 Å². The summed E-state index contributed by atoms with van der Waals surface area (Å²) in [7, 11) is -2.91. The second-order valence-corrected chi connectivity index (χ2v) is 16.4. The fourth-order valence-corrected chi connectivity index (χ4v) is 2.43. The molecule has 0 saturated carbocycles. The van der Waals surface area contributed by atoms with Gasteiger partial charge in [0.05, 0.1) is 5.56 Å². The molecule has 0 fully saturated rings. The molecule has 0 radical (unpaired) electrons. The molecule has 1 aromatic rings. The van der Waals surface area contributed by atoms with Crippen LogP contribution in [-0.4, -0.2) is 22.4 Å². The number of aldehydes is 1. The van der Waals surface area contributed by atoms with Crippen molar-refractivity contribution in [3.63, 3.8) is 0 Å². The third-order valence-corrected chi connectivity index (χ3v) is 4.11. The molecule has 0 bridgehead atoms. The molecular weight excluding hydrogens is 276 g/mol. The first kappa shape index (κ1) is 16.5. The summed E-state index contributed by atoms with van der Waals surface area (Å²) in [5.74, 6) is 6.43. The van der Waals surface area contributed by atoms with Gasteiger partial charge in [-0.2, -0.15) is 0 Å². The minimum absolute atomic E-state index is 0.637. The maximum Gasteiger partial charge on any atom is 0.151 e. The Kier molecular flexibility index (Phi) is 5.17. The van der Waals surface area contributed by atoms with E-state index in [2.05, 4.69) is 62.2 Å². The topological polar surface area (TPSA) is 17.1 Å². The van der Waals surface area contributed by atoms with Crippen LogP contribution in [-0.2, 0) is 0 Å². The maximum atomic E-state index is 11.2. The quantitative estimate of drug-likeness (QED) is 0.436. The predicted octanol–water partition coefficient (Wildman–Crippen LogP) is 3.96. The normalized spacial score (nSPS) is 10.9. The SMILES string of the molecule is C[Si](C)(C)C#Cc1cccc(C=O)c1C#C[Si](C)(C)C. The molecule has 0 heterocycles. The van der Waals surface area contributed by atoms with Crippen molar-refractivity contribution in [1.29, 1.82) is 0 Å². The first-order valence-electron chi connectivity index (χ1n) is 6.77. The van der Waals surface area contributed by atoms with Gasteiger partial charge in [-0.25, -0.2) is 0 Å². The number of carbonyl (C=O) groups excluding carboxylic acids is 1. The average Bonchev–Trinajstić information content (AvgIpc) is 2.32. The van der Waals surface area contributed by atoms with Crippen molar-refractivity contribution < 1.29 is 4.79 Å². The van der Waals surface area contributed by atoms with Crippen molar-refractivity contribution in [2.75, 3.05) is 0 Å². The molecule has 0 N–H and O–H groups in total. The Morgan fingerprint density at radius 1 is 0.900 bits per heavy atom. The summed E-state index contributed by atoms with van der Waals surface area (Å²) in [6, 6.07) is 5.63. The van der Waals surface area contributed by atoms with E-state index in [1.165, 1.54) is 0 Å². The molecule has 0 spiro atoms. The minimum atomic E-state index is -1.47. The standard InChI is InChI=1S/C17H22OSi2/c1-19(2,3)12-10-15-8-7-9-16(14-18)17(15)11-13-20(4,5)6/h7-9,14H,1-6H3. The summed E-state index contributed by atoms with van der Waals surface area (Å²) >= 11 is 0. The molecule has 104 valence electrons. The number of benzene rings is 1. The van der Waals surface area contributed by atoms with Crippen molar-refractivity contribution >= 4 is 22.4 Å². The van der Waals surface area contributed by atoms with E-state index < -0.39 is 16.1 Å². The van der Waals surface area contributed by atoms with E-state index in [4.69, 9.17) is 0 Å². The lowest BCUT2D eigenvalue weighted by Gasteiger charge is -2.07. The second-order valence-electron chi connectivity index (χ2n) is 6.89. The van der Waals surface area contributed by atoms with Crippen molar-refractivity contribution in [2.45, 2.75) is 39.3 Å². The highest BCUT2D eigenvalue weighted by molar-refractivity contribution is 6.84. The van der Waals surface area contributed by atoms with Crippen molar-refractivity contribution in [3.05, 3.63) is 34.9 Å². The van der Waals surface area contributed by atoms with E-state index >= 15 is 0 Å². The summed E-state index contributed by atoms with van der Waals surface area (Å²) in [4.78, 5) is 11.2. The molecular formula is C17H22OSi2. The molecule has 1 nitrogen and oxygen atoms in total. The molecule has 0 unspecified atom stereocenters. The Hall–Kier alpha value is -1.56. The molecule has 0 saturated heterocycles. The molecule has 0 aromatic heterocycles. The van der Waals surface area contributed by atoms with Crippen molar-refractivity contribution in [3.8, 4) is 22.9 Å². The number of rotatable bonds is 1. The van der Waals surface area contributed by atoms with Gasteiger partial charge in [0, 0.05) is 11.1 Å². The van der Waals surface area contributed by atoms with Gasteiger partial charge in [-0.05, 0) is 6.07 Å². The van der Waals surface area contributed by atoms with Gasteiger partial charge < -0.3 is 0 Å².